The van der Waals surface area contributed by atoms with Gasteiger partial charge in [0.25, 0.3) is 0 Å². The second-order valence-corrected chi connectivity index (χ2v) is 5.77. The fourth-order valence-electron chi connectivity index (χ4n) is 3.54. The van der Waals surface area contributed by atoms with Gasteiger partial charge >= 0.3 is 5.97 Å². The van der Waals surface area contributed by atoms with E-state index in [9.17, 15) is 14.7 Å². The predicted octanol–water partition coefficient (Wildman–Crippen LogP) is 0.981. The molecular weight excluding hydrogens is 270 g/mol. The maximum absolute atomic E-state index is 12.3. The summed E-state index contributed by atoms with van der Waals surface area (Å²) in [5, 5.41) is 12.2. The Bertz CT molecular complexity index is 553. The lowest BCUT2D eigenvalue weighted by Gasteiger charge is -2.23. The molecule has 3 N–H and O–H groups in total. The van der Waals surface area contributed by atoms with Crippen molar-refractivity contribution in [1.29, 1.82) is 0 Å². The molecule has 0 aliphatic heterocycles. The summed E-state index contributed by atoms with van der Waals surface area (Å²) >= 11 is 0. The lowest BCUT2D eigenvalue weighted by molar-refractivity contribution is -0.147. The normalized spacial score (nSPS) is 29.7. The van der Waals surface area contributed by atoms with Gasteiger partial charge < -0.3 is 15.4 Å². The minimum Gasteiger partial charge on any atom is -0.481 e. The summed E-state index contributed by atoms with van der Waals surface area (Å²) in [5.74, 6) is -0.962. The molecule has 6 nitrogen and oxygen atoms in total. The zero-order chi connectivity index (χ0) is 14.8. The molecule has 0 spiro atoms. The third-order valence-electron chi connectivity index (χ3n) is 4.49. The zero-order valence-corrected chi connectivity index (χ0v) is 11.7. The topological polar surface area (TPSA) is 95.1 Å². The largest absolute Gasteiger partial charge is 0.481 e. The van der Waals surface area contributed by atoms with Crippen molar-refractivity contribution >= 4 is 11.9 Å². The van der Waals surface area contributed by atoms with Gasteiger partial charge in [-0.2, -0.15) is 0 Å². The van der Waals surface area contributed by atoms with Crippen LogP contribution in [0.4, 0.5) is 0 Å². The number of aromatic amines is 1. The van der Waals surface area contributed by atoms with Crippen LogP contribution in [0.3, 0.4) is 0 Å². The van der Waals surface area contributed by atoms with E-state index in [2.05, 4.69) is 15.3 Å². The first kappa shape index (κ1) is 13.9. The van der Waals surface area contributed by atoms with Crippen LogP contribution >= 0.6 is 0 Å². The summed E-state index contributed by atoms with van der Waals surface area (Å²) in [6.45, 7) is 0.545. The van der Waals surface area contributed by atoms with E-state index >= 15 is 0 Å². The molecule has 0 radical (unpaired) electrons. The number of carbonyl (C=O) groups excluding carboxylic acids is 1. The molecule has 1 fully saturated rings. The first-order valence-electron chi connectivity index (χ1n) is 7.34. The van der Waals surface area contributed by atoms with Gasteiger partial charge in [-0.25, -0.2) is 4.98 Å². The van der Waals surface area contributed by atoms with Crippen LogP contribution in [0.25, 0.3) is 0 Å². The van der Waals surface area contributed by atoms with Crippen LogP contribution in [0.2, 0.25) is 0 Å². The number of fused-ring (bicyclic) bond motifs is 2. The van der Waals surface area contributed by atoms with Crippen molar-refractivity contribution in [2.24, 2.45) is 23.7 Å². The highest BCUT2D eigenvalue weighted by molar-refractivity contribution is 5.86. The van der Waals surface area contributed by atoms with Gasteiger partial charge in [0.2, 0.25) is 5.91 Å². The van der Waals surface area contributed by atoms with E-state index in [1.54, 1.807) is 12.4 Å². The van der Waals surface area contributed by atoms with E-state index in [4.69, 9.17) is 0 Å². The summed E-state index contributed by atoms with van der Waals surface area (Å²) in [5.41, 5.74) is 0. The highest BCUT2D eigenvalue weighted by Crippen LogP contribution is 2.48. The number of aryl methyl sites for hydroxylation is 1. The van der Waals surface area contributed by atoms with Gasteiger partial charge in [0.15, 0.2) is 0 Å². The quantitative estimate of drug-likeness (QED) is 0.537. The highest BCUT2D eigenvalue weighted by atomic mass is 16.4. The number of hydrogen-bond donors (Lipinski definition) is 3. The second kappa shape index (κ2) is 5.71. The molecule has 1 saturated carbocycles. The molecule has 21 heavy (non-hydrogen) atoms. The van der Waals surface area contributed by atoms with E-state index in [0.717, 1.165) is 25.1 Å². The van der Waals surface area contributed by atoms with Crippen LogP contribution in [0.15, 0.2) is 24.5 Å². The summed E-state index contributed by atoms with van der Waals surface area (Å²) in [6.07, 6.45) is 9.77. The lowest BCUT2D eigenvalue weighted by atomic mass is 9.82. The van der Waals surface area contributed by atoms with Gasteiger partial charge in [0.05, 0.1) is 11.8 Å². The SMILES string of the molecule is O=C(O)C1C2C=CC(C2)C1C(=O)NCCCc1ncc[nH]1. The number of aromatic nitrogens is 2. The number of hydrogen-bond acceptors (Lipinski definition) is 3. The Morgan fingerprint density at radius 2 is 2.10 bits per heavy atom. The standard InChI is InChI=1S/C15H19N3O3/c19-14(18-5-1-2-11-16-6-7-17-11)12-9-3-4-10(8-9)13(12)15(20)21/h3-4,6-7,9-10,12-13H,1-2,5,8H2,(H,16,17)(H,18,19)(H,20,21). The number of carboxylic acids is 1. The summed E-state index contributed by atoms with van der Waals surface area (Å²) in [6, 6.07) is 0. The average molecular weight is 289 g/mol. The van der Waals surface area contributed by atoms with Crippen molar-refractivity contribution in [2.75, 3.05) is 6.54 Å². The maximum atomic E-state index is 12.3. The van der Waals surface area contributed by atoms with Crippen molar-refractivity contribution < 1.29 is 14.7 Å². The van der Waals surface area contributed by atoms with E-state index in [-0.39, 0.29) is 17.7 Å². The third-order valence-corrected chi connectivity index (χ3v) is 4.49. The van der Waals surface area contributed by atoms with Crippen LogP contribution in [0.1, 0.15) is 18.7 Å². The summed E-state index contributed by atoms with van der Waals surface area (Å²) in [4.78, 5) is 30.8. The molecule has 112 valence electrons. The van der Waals surface area contributed by atoms with Crippen molar-refractivity contribution in [1.82, 2.24) is 15.3 Å². The van der Waals surface area contributed by atoms with E-state index in [1.807, 2.05) is 12.2 Å². The van der Waals surface area contributed by atoms with Gasteiger partial charge in [-0.3, -0.25) is 9.59 Å². The van der Waals surface area contributed by atoms with Gasteiger partial charge in [-0.1, -0.05) is 12.2 Å². The van der Waals surface area contributed by atoms with E-state index in [1.165, 1.54) is 0 Å². The molecule has 6 heteroatoms. The average Bonchev–Trinajstić information content (AvgIpc) is 3.18. The minimum absolute atomic E-state index is 0.0198. The molecule has 2 aliphatic rings. The third kappa shape index (κ3) is 2.70. The van der Waals surface area contributed by atoms with Gasteiger partial charge in [0.1, 0.15) is 5.82 Å². The number of aliphatic carboxylic acids is 1. The molecule has 2 aliphatic carbocycles. The van der Waals surface area contributed by atoms with Crippen molar-refractivity contribution in [3.05, 3.63) is 30.4 Å². The Morgan fingerprint density at radius 3 is 2.76 bits per heavy atom. The van der Waals surface area contributed by atoms with E-state index < -0.39 is 17.8 Å². The number of carboxylic acid groups (broad SMARTS) is 1. The molecule has 3 rings (SSSR count). The molecule has 4 unspecified atom stereocenters. The van der Waals surface area contributed by atoms with Crippen LogP contribution < -0.4 is 5.32 Å². The van der Waals surface area contributed by atoms with Crippen LogP contribution in [-0.2, 0) is 16.0 Å². The molecule has 1 heterocycles. The lowest BCUT2D eigenvalue weighted by Crippen LogP contribution is -2.40. The monoisotopic (exact) mass is 289 g/mol. The number of nitrogens with one attached hydrogen (secondary N) is 2. The van der Waals surface area contributed by atoms with Crippen LogP contribution in [0, 0.1) is 23.7 Å². The molecule has 4 atom stereocenters. The summed E-state index contributed by atoms with van der Waals surface area (Å²) in [7, 11) is 0. The fraction of sp³-hybridized carbons (Fsp3) is 0.533. The van der Waals surface area contributed by atoms with Crippen molar-refractivity contribution in [3.63, 3.8) is 0 Å². The fourth-order valence-corrected chi connectivity index (χ4v) is 3.54. The Morgan fingerprint density at radius 1 is 1.33 bits per heavy atom. The van der Waals surface area contributed by atoms with Gasteiger partial charge in [-0.15, -0.1) is 0 Å². The highest BCUT2D eigenvalue weighted by Gasteiger charge is 2.51. The molecule has 1 aromatic heterocycles. The number of rotatable bonds is 6. The Kier molecular flexibility index (Phi) is 3.77. The minimum atomic E-state index is -0.859. The molecule has 1 amide bonds. The molecule has 2 bridgehead atoms. The smallest absolute Gasteiger partial charge is 0.307 e. The number of amides is 1. The Hall–Kier alpha value is -2.11. The number of imidazole rings is 1. The molecule has 0 aromatic carbocycles. The van der Waals surface area contributed by atoms with E-state index in [0.29, 0.717) is 6.54 Å². The maximum Gasteiger partial charge on any atom is 0.307 e. The second-order valence-electron chi connectivity index (χ2n) is 5.77. The first-order chi connectivity index (χ1) is 10.2. The predicted molar refractivity (Wildman–Crippen MR) is 75.3 cm³/mol. The van der Waals surface area contributed by atoms with Gasteiger partial charge in [-0.05, 0) is 24.7 Å². The van der Waals surface area contributed by atoms with Crippen molar-refractivity contribution in [3.8, 4) is 0 Å². The zero-order valence-electron chi connectivity index (χ0n) is 11.7. The van der Waals surface area contributed by atoms with Crippen LogP contribution in [0.5, 0.6) is 0 Å². The molecule has 0 saturated heterocycles. The number of nitrogens with zero attached hydrogens (tertiary/aromatic N) is 1. The first-order valence-corrected chi connectivity index (χ1v) is 7.34. The number of H-pyrrole nitrogens is 1. The molecule has 1 aromatic rings. The molecular formula is C15H19N3O3. The van der Waals surface area contributed by atoms with Crippen molar-refractivity contribution in [2.45, 2.75) is 19.3 Å². The van der Waals surface area contributed by atoms with Gasteiger partial charge in [0, 0.05) is 25.4 Å². The number of carbonyl (C=O) groups is 2. The number of allylic oxidation sites excluding steroid dienone is 2. The Balaban J connectivity index is 1.51. The van der Waals surface area contributed by atoms with Crippen LogP contribution in [-0.4, -0.2) is 33.5 Å². The Labute approximate surface area is 122 Å². The summed E-state index contributed by atoms with van der Waals surface area (Å²) < 4.78 is 0.